The maximum Gasteiger partial charge on any atom is 0.410 e. The lowest BCUT2D eigenvalue weighted by atomic mass is 9.96. The highest BCUT2D eigenvalue weighted by atomic mass is 35.5. The Hall–Kier alpha value is -2.28. The van der Waals surface area contributed by atoms with Crippen LogP contribution in [-0.2, 0) is 19.1 Å². The molecule has 0 spiro atoms. The van der Waals surface area contributed by atoms with Crippen LogP contribution in [0.15, 0.2) is 24.3 Å². The first-order valence-corrected chi connectivity index (χ1v) is 9.22. The zero-order valence-corrected chi connectivity index (χ0v) is 16.5. The average molecular weight is 400 g/mol. The average Bonchev–Trinajstić information content (AvgIpc) is 2.59. The molecule has 0 saturated carbocycles. The van der Waals surface area contributed by atoms with Gasteiger partial charge in [-0.05, 0) is 24.1 Å². The third-order valence-corrected chi connectivity index (χ3v) is 3.99. The lowest BCUT2D eigenvalue weighted by Crippen LogP contribution is -2.35. The van der Waals surface area contributed by atoms with Crippen LogP contribution in [0.25, 0.3) is 0 Å². The molecule has 0 aliphatic carbocycles. The van der Waals surface area contributed by atoms with Crippen molar-refractivity contribution in [1.29, 1.82) is 0 Å². The molecule has 150 valence electrons. The number of benzene rings is 1. The molecule has 0 heterocycles. The largest absolute Gasteiger partial charge is 0.481 e. The summed E-state index contributed by atoms with van der Waals surface area (Å²) in [6.07, 6.45) is -0.868. The summed E-state index contributed by atoms with van der Waals surface area (Å²) in [7, 11) is 0. The van der Waals surface area contributed by atoms with Gasteiger partial charge in [0.05, 0.1) is 12.3 Å². The number of ether oxygens (including phenoxy) is 2. The summed E-state index contributed by atoms with van der Waals surface area (Å²) in [6, 6.07) is 6.75. The molecule has 2 atom stereocenters. The van der Waals surface area contributed by atoms with Crippen LogP contribution in [0.3, 0.4) is 0 Å². The van der Waals surface area contributed by atoms with Crippen molar-refractivity contribution in [2.45, 2.75) is 52.2 Å². The van der Waals surface area contributed by atoms with E-state index in [1.165, 1.54) is 0 Å². The zero-order chi connectivity index (χ0) is 20.4. The number of amides is 1. The van der Waals surface area contributed by atoms with E-state index in [-0.39, 0.29) is 18.9 Å². The van der Waals surface area contributed by atoms with E-state index in [2.05, 4.69) is 5.32 Å². The maximum absolute atomic E-state index is 12.1. The number of hydrogen-bond donors (Lipinski definition) is 2. The minimum absolute atomic E-state index is 0.0593. The van der Waals surface area contributed by atoms with E-state index in [1.807, 2.05) is 6.92 Å². The van der Waals surface area contributed by atoms with Crippen LogP contribution >= 0.6 is 11.6 Å². The summed E-state index contributed by atoms with van der Waals surface area (Å²) in [5.74, 6) is -2.22. The van der Waals surface area contributed by atoms with Crippen LogP contribution in [0.4, 0.5) is 4.79 Å². The van der Waals surface area contributed by atoms with Crippen molar-refractivity contribution >= 4 is 29.6 Å². The van der Waals surface area contributed by atoms with E-state index in [9.17, 15) is 14.4 Å². The van der Waals surface area contributed by atoms with Crippen LogP contribution in [0.1, 0.15) is 51.5 Å². The summed E-state index contributed by atoms with van der Waals surface area (Å²) < 4.78 is 10.3. The molecule has 2 N–H and O–H groups in total. The highest BCUT2D eigenvalue weighted by molar-refractivity contribution is 6.30. The van der Waals surface area contributed by atoms with Gasteiger partial charge in [0.15, 0.2) is 0 Å². The standard InChI is InChI=1S/C19H26ClNO6/c1-4-5-17(26-18(24)12(2)3)27-19(25)21-11-14(10-16(22)23)13-6-8-15(20)9-7-13/h6-9,12,14,17H,4-5,10-11H2,1-3H3,(H,21,25)(H,22,23)/t14-,17?/m0/s1. The van der Waals surface area contributed by atoms with Gasteiger partial charge in [-0.1, -0.05) is 44.5 Å². The van der Waals surface area contributed by atoms with Crippen LogP contribution < -0.4 is 5.32 Å². The third kappa shape index (κ3) is 8.77. The number of aliphatic carboxylic acids is 1. The smallest absolute Gasteiger partial charge is 0.410 e. The molecule has 0 saturated heterocycles. The van der Waals surface area contributed by atoms with Crippen molar-refractivity contribution in [1.82, 2.24) is 5.32 Å². The maximum atomic E-state index is 12.1. The monoisotopic (exact) mass is 399 g/mol. The molecule has 1 rings (SSSR count). The fourth-order valence-corrected chi connectivity index (χ4v) is 2.39. The Bertz CT molecular complexity index is 632. The van der Waals surface area contributed by atoms with Gasteiger partial charge in [-0.25, -0.2) is 4.79 Å². The quantitative estimate of drug-likeness (QED) is 0.456. The molecular formula is C19H26ClNO6. The molecule has 8 heteroatoms. The lowest BCUT2D eigenvalue weighted by Gasteiger charge is -2.20. The molecule has 0 aliphatic heterocycles. The third-order valence-electron chi connectivity index (χ3n) is 3.74. The first-order chi connectivity index (χ1) is 12.7. The van der Waals surface area contributed by atoms with Crippen molar-refractivity contribution < 1.29 is 29.0 Å². The second kappa shape index (κ2) is 11.4. The summed E-state index contributed by atoms with van der Waals surface area (Å²) >= 11 is 5.85. The van der Waals surface area contributed by atoms with Crippen LogP contribution in [0.2, 0.25) is 5.02 Å². The highest BCUT2D eigenvalue weighted by Crippen LogP contribution is 2.21. The van der Waals surface area contributed by atoms with E-state index in [0.29, 0.717) is 17.9 Å². The second-order valence-electron chi connectivity index (χ2n) is 6.44. The van der Waals surface area contributed by atoms with Crippen molar-refractivity contribution in [2.75, 3.05) is 6.54 Å². The minimum atomic E-state index is -0.986. The highest BCUT2D eigenvalue weighted by Gasteiger charge is 2.22. The predicted molar refractivity (Wildman–Crippen MR) is 101 cm³/mol. The topological polar surface area (TPSA) is 102 Å². The number of hydrogen-bond acceptors (Lipinski definition) is 5. The number of halogens is 1. The Labute approximate surface area is 164 Å². The molecule has 0 aliphatic rings. The van der Waals surface area contributed by atoms with E-state index >= 15 is 0 Å². The lowest BCUT2D eigenvalue weighted by molar-refractivity contribution is -0.172. The number of rotatable bonds is 10. The Morgan fingerprint density at radius 1 is 1.15 bits per heavy atom. The second-order valence-corrected chi connectivity index (χ2v) is 6.88. The number of alkyl carbamates (subject to hydrolysis) is 1. The number of nitrogens with one attached hydrogen (secondary N) is 1. The van der Waals surface area contributed by atoms with Gasteiger partial charge in [-0.3, -0.25) is 9.59 Å². The summed E-state index contributed by atoms with van der Waals surface area (Å²) in [5.41, 5.74) is 0.735. The van der Waals surface area contributed by atoms with Gasteiger partial charge in [0.25, 0.3) is 0 Å². The van der Waals surface area contributed by atoms with Gasteiger partial charge in [-0.2, -0.15) is 0 Å². The van der Waals surface area contributed by atoms with E-state index in [1.54, 1.807) is 38.1 Å². The number of esters is 1. The predicted octanol–water partition coefficient (Wildman–Crippen LogP) is 3.95. The van der Waals surface area contributed by atoms with Gasteiger partial charge in [0.1, 0.15) is 0 Å². The summed E-state index contributed by atoms with van der Waals surface area (Å²) in [5, 5.41) is 12.2. The first-order valence-electron chi connectivity index (χ1n) is 8.85. The fourth-order valence-electron chi connectivity index (χ4n) is 2.26. The molecule has 1 unspecified atom stereocenters. The minimum Gasteiger partial charge on any atom is -0.481 e. The molecule has 27 heavy (non-hydrogen) atoms. The summed E-state index contributed by atoms with van der Waals surface area (Å²) in [4.78, 5) is 34.9. The van der Waals surface area contributed by atoms with Gasteiger partial charge in [-0.15, -0.1) is 0 Å². The van der Waals surface area contributed by atoms with E-state index in [0.717, 1.165) is 5.56 Å². The molecule has 1 aromatic carbocycles. The number of carboxylic acid groups (broad SMARTS) is 1. The summed E-state index contributed by atoms with van der Waals surface area (Å²) in [6.45, 7) is 5.31. The van der Waals surface area contributed by atoms with Crippen molar-refractivity contribution in [3.63, 3.8) is 0 Å². The Balaban J connectivity index is 2.67. The first kappa shape index (κ1) is 22.8. The van der Waals surface area contributed by atoms with Crippen LogP contribution in [0.5, 0.6) is 0 Å². The normalized spacial score (nSPS) is 12.9. The Kier molecular flexibility index (Phi) is 9.64. The molecule has 7 nitrogen and oxygen atoms in total. The van der Waals surface area contributed by atoms with Gasteiger partial charge in [0, 0.05) is 23.9 Å². The molecule has 0 fully saturated rings. The number of carbonyl (C=O) groups is 3. The zero-order valence-electron chi connectivity index (χ0n) is 15.7. The van der Waals surface area contributed by atoms with Crippen molar-refractivity contribution in [3.05, 3.63) is 34.9 Å². The molecule has 0 bridgehead atoms. The molecule has 0 aromatic heterocycles. The van der Waals surface area contributed by atoms with Gasteiger partial charge in [0.2, 0.25) is 6.29 Å². The molecule has 1 amide bonds. The van der Waals surface area contributed by atoms with Crippen LogP contribution in [-0.4, -0.2) is 36.0 Å². The number of carbonyl (C=O) groups excluding carboxylic acids is 2. The van der Waals surface area contributed by atoms with Crippen molar-refractivity contribution in [2.24, 2.45) is 5.92 Å². The SMILES string of the molecule is CCCC(OC(=O)NC[C@H](CC(=O)O)c1ccc(Cl)cc1)OC(=O)C(C)C. The fraction of sp³-hybridized carbons (Fsp3) is 0.526. The Morgan fingerprint density at radius 3 is 2.30 bits per heavy atom. The van der Waals surface area contributed by atoms with Crippen LogP contribution in [0, 0.1) is 5.92 Å². The van der Waals surface area contributed by atoms with E-state index < -0.39 is 30.2 Å². The van der Waals surface area contributed by atoms with E-state index in [4.69, 9.17) is 26.2 Å². The van der Waals surface area contributed by atoms with Gasteiger partial charge < -0.3 is 19.9 Å². The molecular weight excluding hydrogens is 374 g/mol. The molecule has 0 radical (unpaired) electrons. The van der Waals surface area contributed by atoms with Gasteiger partial charge >= 0.3 is 18.0 Å². The van der Waals surface area contributed by atoms with Crippen molar-refractivity contribution in [3.8, 4) is 0 Å². The molecule has 1 aromatic rings. The Morgan fingerprint density at radius 2 is 1.78 bits per heavy atom. The number of carboxylic acids is 1.